The van der Waals surface area contributed by atoms with Gasteiger partial charge in [0.2, 0.25) is 0 Å². The Kier molecular flexibility index (Phi) is 9.43. The van der Waals surface area contributed by atoms with Gasteiger partial charge in [-0.1, -0.05) is 53.2 Å². The topological polar surface area (TPSA) is 140 Å². The number of ether oxygens (including phenoxy) is 1. The minimum absolute atomic E-state index is 0. The van der Waals surface area contributed by atoms with Gasteiger partial charge in [0, 0.05) is 32.7 Å². The van der Waals surface area contributed by atoms with Crippen LogP contribution >= 0.6 is 23.2 Å². The van der Waals surface area contributed by atoms with Crippen molar-refractivity contribution < 1.29 is 57.2 Å². The van der Waals surface area contributed by atoms with E-state index in [2.05, 4.69) is 15.5 Å². The maximum absolute atomic E-state index is 13.4. The van der Waals surface area contributed by atoms with Gasteiger partial charge in [-0.05, 0) is 48.2 Å². The van der Waals surface area contributed by atoms with Crippen molar-refractivity contribution >= 4 is 67.1 Å². The molecule has 0 saturated heterocycles. The zero-order valence-corrected chi connectivity index (χ0v) is 24.6. The molecule has 0 aliphatic carbocycles. The molecule has 0 radical (unpaired) electrons. The summed E-state index contributed by atoms with van der Waals surface area (Å²) < 4.78 is 38.5. The predicted octanol–water partition coefficient (Wildman–Crippen LogP) is 3.46. The molecule has 0 unspecified atom stereocenters. The number of hydrogen-bond donors (Lipinski definition) is 2. The molecule has 0 saturated carbocycles. The number of rotatable bonds is 6. The van der Waals surface area contributed by atoms with E-state index >= 15 is 0 Å². The molecule has 4 aromatic carbocycles. The molecule has 0 aliphatic rings. The molecule has 0 bridgehead atoms. The molecule has 13 heteroatoms. The first-order chi connectivity index (χ1) is 17.5. The third kappa shape index (κ3) is 6.47. The summed E-state index contributed by atoms with van der Waals surface area (Å²) in [6, 6.07) is 15.1. The molecule has 0 spiro atoms. The fraction of sp³-hybridized carbons (Fsp3) is 0.0800. The van der Waals surface area contributed by atoms with E-state index in [0.717, 1.165) is 6.07 Å². The number of aryl methyl sites for hydroxylation is 1. The average molecular weight is 582 g/mol. The molecule has 0 aromatic heterocycles. The van der Waals surface area contributed by atoms with Crippen LogP contribution < -0.4 is 44.7 Å². The van der Waals surface area contributed by atoms with Crippen molar-refractivity contribution in [3.8, 4) is 11.5 Å². The van der Waals surface area contributed by atoms with Gasteiger partial charge < -0.3 is 15.2 Å². The molecule has 2 N–H and O–H groups in total. The number of hydrogen-bond acceptors (Lipinski definition) is 7. The number of azo groups is 1. The number of amides is 1. The van der Waals surface area contributed by atoms with Crippen LogP contribution in [0.1, 0.15) is 15.9 Å². The Morgan fingerprint density at radius 1 is 1.05 bits per heavy atom. The van der Waals surface area contributed by atoms with Crippen LogP contribution in [0.15, 0.2) is 75.8 Å². The molecule has 0 aliphatic heterocycles. The van der Waals surface area contributed by atoms with Gasteiger partial charge in [-0.15, -0.1) is 5.11 Å². The number of benzene rings is 4. The monoisotopic (exact) mass is 581 g/mol. The van der Waals surface area contributed by atoms with E-state index in [0.29, 0.717) is 32.8 Å². The van der Waals surface area contributed by atoms with Crippen LogP contribution in [0, 0.1) is 6.92 Å². The number of nitrogens with one attached hydrogen (secondary N) is 1. The van der Waals surface area contributed by atoms with Crippen molar-refractivity contribution in [3.05, 3.63) is 81.8 Å². The Balaban J connectivity index is 0.00000400. The number of methoxy groups -OCH3 is 1. The van der Waals surface area contributed by atoms with Crippen molar-refractivity contribution in [2.24, 2.45) is 10.2 Å². The first-order valence-electron chi connectivity index (χ1n) is 10.6. The van der Waals surface area contributed by atoms with Gasteiger partial charge >= 0.3 is 29.6 Å². The minimum atomic E-state index is -4.70. The number of anilines is 1. The van der Waals surface area contributed by atoms with Crippen molar-refractivity contribution in [1.29, 1.82) is 0 Å². The molecule has 38 heavy (non-hydrogen) atoms. The molecule has 190 valence electrons. The number of carbonyl (C=O) groups excluding carboxylic acids is 1. The van der Waals surface area contributed by atoms with Gasteiger partial charge in [0.05, 0.1) is 12.8 Å². The smallest absolute Gasteiger partial charge is 0.870 e. The van der Waals surface area contributed by atoms with E-state index in [4.69, 9.17) is 27.9 Å². The normalized spacial score (nSPS) is 11.4. The van der Waals surface area contributed by atoms with E-state index in [-0.39, 0.29) is 51.5 Å². The summed E-state index contributed by atoms with van der Waals surface area (Å²) in [5.41, 5.74) is 0.128. The van der Waals surface area contributed by atoms with E-state index in [1.165, 1.54) is 31.4 Å². The first-order valence-corrected chi connectivity index (χ1v) is 12.8. The largest absolute Gasteiger partial charge is 1.00 e. The Morgan fingerprint density at radius 2 is 1.76 bits per heavy atom. The van der Waals surface area contributed by atoms with Crippen molar-refractivity contribution in [2.45, 2.75) is 11.8 Å². The fourth-order valence-electron chi connectivity index (χ4n) is 3.57. The third-order valence-electron chi connectivity index (χ3n) is 5.36. The molecule has 4 rings (SSSR count). The second-order valence-corrected chi connectivity index (χ2v) is 10.1. The zero-order valence-electron chi connectivity index (χ0n) is 20.3. The summed E-state index contributed by atoms with van der Waals surface area (Å²) in [7, 11) is -3.25. The van der Waals surface area contributed by atoms with Crippen LogP contribution in [0.4, 0.5) is 17.1 Å². The van der Waals surface area contributed by atoms with Crippen LogP contribution in [-0.2, 0) is 10.1 Å². The van der Waals surface area contributed by atoms with Gasteiger partial charge in [-0.2, -0.15) is 13.5 Å². The summed E-state index contributed by atoms with van der Waals surface area (Å²) in [4.78, 5) is 12.5. The summed E-state index contributed by atoms with van der Waals surface area (Å²) in [6.07, 6.45) is 0. The van der Waals surface area contributed by atoms with E-state index < -0.39 is 26.7 Å². The summed E-state index contributed by atoms with van der Waals surface area (Å²) in [6.45, 7) is 1.61. The molecular formula is C25H18Cl2N3NaO6S. The van der Waals surface area contributed by atoms with Gasteiger partial charge in [0.1, 0.15) is 16.3 Å². The SMILES string of the molecule is COc1cc(Cl)cc(NC(=O)c2cc3ccccc3c(N=Nc3cc(C)c(Cl)cc3S(=O)(=O)O)c2[O-])c1.[Na+]. The van der Waals surface area contributed by atoms with Crippen LogP contribution in [0.5, 0.6) is 11.5 Å². The van der Waals surface area contributed by atoms with Gasteiger partial charge in [0.25, 0.3) is 16.0 Å². The Morgan fingerprint density at radius 3 is 2.45 bits per heavy atom. The van der Waals surface area contributed by atoms with Crippen molar-refractivity contribution in [1.82, 2.24) is 0 Å². The van der Waals surface area contributed by atoms with Crippen LogP contribution in [-0.4, -0.2) is 26.0 Å². The summed E-state index contributed by atoms with van der Waals surface area (Å²) in [5.74, 6) is -1.06. The second-order valence-electron chi connectivity index (χ2n) is 7.90. The minimum Gasteiger partial charge on any atom is -0.870 e. The number of nitrogens with zero attached hydrogens (tertiary/aromatic N) is 2. The van der Waals surface area contributed by atoms with Crippen LogP contribution in [0.25, 0.3) is 10.8 Å². The number of carbonyl (C=O) groups is 1. The number of fused-ring (bicyclic) bond motifs is 1. The Hall–Kier alpha value is -2.70. The molecule has 0 atom stereocenters. The fourth-order valence-corrected chi connectivity index (χ4v) is 4.65. The van der Waals surface area contributed by atoms with Crippen molar-refractivity contribution in [2.75, 3.05) is 12.4 Å². The third-order valence-corrected chi connectivity index (χ3v) is 6.87. The summed E-state index contributed by atoms with van der Waals surface area (Å²) in [5, 5.41) is 25.3. The zero-order chi connectivity index (χ0) is 26.9. The number of halogens is 2. The van der Waals surface area contributed by atoms with Crippen molar-refractivity contribution in [3.63, 3.8) is 0 Å². The second kappa shape index (κ2) is 12.0. The Labute approximate surface area is 250 Å². The van der Waals surface area contributed by atoms with E-state index in [9.17, 15) is 22.9 Å². The molecule has 0 heterocycles. The maximum Gasteiger partial charge on any atom is 1.00 e. The maximum atomic E-state index is 13.4. The summed E-state index contributed by atoms with van der Waals surface area (Å²) >= 11 is 12.1. The predicted molar refractivity (Wildman–Crippen MR) is 140 cm³/mol. The quantitative estimate of drug-likeness (QED) is 0.203. The average Bonchev–Trinajstić information content (AvgIpc) is 2.83. The molecular weight excluding hydrogens is 564 g/mol. The van der Waals surface area contributed by atoms with E-state index in [1.54, 1.807) is 37.3 Å². The van der Waals surface area contributed by atoms with Crippen LogP contribution in [0.2, 0.25) is 10.0 Å². The Bertz CT molecular complexity index is 1700. The van der Waals surface area contributed by atoms with Gasteiger partial charge in [-0.25, -0.2) is 0 Å². The van der Waals surface area contributed by atoms with E-state index in [1.807, 2.05) is 0 Å². The molecule has 4 aromatic rings. The van der Waals surface area contributed by atoms with Gasteiger partial charge in [0.15, 0.2) is 0 Å². The standard InChI is InChI=1S/C25H19Cl2N3O6S.Na/c1-13-7-21(22(12-20(13)27)37(33,34)35)29-30-23-18-6-4-3-5-14(18)8-19(24(23)31)25(32)28-16-9-15(26)10-17(11-16)36-2;/h3-12,31H,1-2H3,(H,28,32)(H,33,34,35);/q;+1/p-1. The first kappa shape index (κ1) is 29.9. The van der Waals surface area contributed by atoms with Crippen LogP contribution in [0.3, 0.4) is 0 Å². The molecule has 1 amide bonds. The molecule has 0 fully saturated rings. The van der Waals surface area contributed by atoms with Gasteiger partial charge in [-0.3, -0.25) is 9.35 Å². The molecule has 9 nitrogen and oxygen atoms in total.